The number of hydrogen-bond donors (Lipinski definition) is 0. The van der Waals surface area contributed by atoms with Crippen molar-refractivity contribution < 1.29 is 4.92 Å². The van der Waals surface area contributed by atoms with Crippen LogP contribution in [-0.2, 0) is 0 Å². The molecule has 1 aromatic heterocycles. The zero-order valence-electron chi connectivity index (χ0n) is 15.2. The molecule has 0 radical (unpaired) electrons. The number of fused-ring (bicyclic) bond motifs is 1. The van der Waals surface area contributed by atoms with E-state index in [1.807, 2.05) is 24.3 Å². The van der Waals surface area contributed by atoms with Gasteiger partial charge in [-0.15, -0.1) is 0 Å². The van der Waals surface area contributed by atoms with E-state index in [0.29, 0.717) is 16.1 Å². The second-order valence-electron chi connectivity index (χ2n) is 6.31. The molecule has 0 aliphatic carbocycles. The van der Waals surface area contributed by atoms with Crippen LogP contribution >= 0.6 is 23.4 Å². The first kappa shape index (κ1) is 19.2. The smallest absolute Gasteiger partial charge is 0.267 e. The summed E-state index contributed by atoms with van der Waals surface area (Å²) in [4.78, 5) is 25.8. The zero-order chi connectivity index (χ0) is 20.5. The molecule has 0 saturated heterocycles. The Balaban J connectivity index is 1.89. The van der Waals surface area contributed by atoms with E-state index in [1.54, 1.807) is 43.3 Å². The number of aromatic nitrogens is 2. The van der Waals surface area contributed by atoms with Gasteiger partial charge in [-0.05, 0) is 49.4 Å². The highest BCUT2D eigenvalue weighted by atomic mass is 35.5. The molecule has 0 bridgehead atoms. The topological polar surface area (TPSA) is 78.0 Å². The predicted molar refractivity (Wildman–Crippen MR) is 114 cm³/mol. The third-order valence-corrected chi connectivity index (χ3v) is 5.66. The summed E-state index contributed by atoms with van der Waals surface area (Å²) in [7, 11) is 0. The molecule has 0 saturated carbocycles. The first-order chi connectivity index (χ1) is 13.9. The summed E-state index contributed by atoms with van der Waals surface area (Å²) in [6.45, 7) is 1.77. The molecule has 0 atom stereocenters. The van der Waals surface area contributed by atoms with Gasteiger partial charge in [-0.25, -0.2) is 0 Å². The highest BCUT2D eigenvalue weighted by Crippen LogP contribution is 2.33. The maximum Gasteiger partial charge on any atom is 0.295 e. The first-order valence-electron chi connectivity index (χ1n) is 8.65. The van der Waals surface area contributed by atoms with Crippen LogP contribution in [-0.4, -0.2) is 14.7 Å². The molecular formula is C21H14ClN3O3S. The van der Waals surface area contributed by atoms with Crippen molar-refractivity contribution in [3.63, 3.8) is 0 Å². The standard InChI is InChI=1S/C21H14ClN3O3S/c1-13-17-4-2-3-5-18(17)21(26)24(23-13)20-12-16(10-11-19(20)25(27)28)29-15-8-6-14(22)7-9-15/h2-12H,1H3. The molecule has 0 unspecified atom stereocenters. The van der Waals surface area contributed by atoms with Gasteiger partial charge < -0.3 is 0 Å². The van der Waals surface area contributed by atoms with Gasteiger partial charge in [0.25, 0.3) is 11.2 Å². The fourth-order valence-corrected chi connectivity index (χ4v) is 4.02. The molecular weight excluding hydrogens is 410 g/mol. The first-order valence-corrected chi connectivity index (χ1v) is 9.84. The maximum absolute atomic E-state index is 13.0. The van der Waals surface area contributed by atoms with Crippen molar-refractivity contribution in [2.75, 3.05) is 0 Å². The van der Waals surface area contributed by atoms with E-state index in [0.717, 1.165) is 19.9 Å². The Morgan fingerprint density at radius 3 is 2.34 bits per heavy atom. The minimum Gasteiger partial charge on any atom is -0.267 e. The van der Waals surface area contributed by atoms with Crippen molar-refractivity contribution in [3.05, 3.63) is 97.9 Å². The fraction of sp³-hybridized carbons (Fsp3) is 0.0476. The number of hydrogen-bond acceptors (Lipinski definition) is 5. The van der Waals surface area contributed by atoms with Crippen LogP contribution in [0.5, 0.6) is 0 Å². The monoisotopic (exact) mass is 423 g/mol. The van der Waals surface area contributed by atoms with E-state index < -0.39 is 10.5 Å². The van der Waals surface area contributed by atoms with Crippen molar-refractivity contribution in [3.8, 4) is 5.69 Å². The Hall–Kier alpha value is -3.16. The molecule has 0 aliphatic heterocycles. The molecule has 1 heterocycles. The van der Waals surface area contributed by atoms with Gasteiger partial charge >= 0.3 is 0 Å². The largest absolute Gasteiger partial charge is 0.295 e. The van der Waals surface area contributed by atoms with Gasteiger partial charge in [0.15, 0.2) is 0 Å². The molecule has 0 fully saturated rings. The minimum atomic E-state index is -0.509. The van der Waals surface area contributed by atoms with Crippen LogP contribution in [0.25, 0.3) is 16.5 Å². The molecule has 4 aromatic rings. The molecule has 29 heavy (non-hydrogen) atoms. The lowest BCUT2D eigenvalue weighted by Gasteiger charge is -2.11. The molecule has 0 N–H and O–H groups in total. The second-order valence-corrected chi connectivity index (χ2v) is 7.89. The van der Waals surface area contributed by atoms with E-state index >= 15 is 0 Å². The maximum atomic E-state index is 13.0. The van der Waals surface area contributed by atoms with Crippen LogP contribution in [0.2, 0.25) is 5.02 Å². The average Bonchev–Trinajstić information content (AvgIpc) is 2.72. The number of benzene rings is 3. The Morgan fingerprint density at radius 1 is 1.00 bits per heavy atom. The lowest BCUT2D eigenvalue weighted by atomic mass is 10.1. The number of rotatable bonds is 4. The van der Waals surface area contributed by atoms with E-state index in [-0.39, 0.29) is 11.4 Å². The van der Waals surface area contributed by atoms with Gasteiger partial charge in [0.2, 0.25) is 0 Å². The van der Waals surface area contributed by atoms with Gasteiger partial charge in [0.1, 0.15) is 5.69 Å². The van der Waals surface area contributed by atoms with Crippen LogP contribution < -0.4 is 5.56 Å². The van der Waals surface area contributed by atoms with Crippen LogP contribution in [0.4, 0.5) is 5.69 Å². The molecule has 8 heteroatoms. The summed E-state index contributed by atoms with van der Waals surface area (Å²) in [5.74, 6) is 0. The van der Waals surface area contributed by atoms with Gasteiger partial charge in [-0.2, -0.15) is 9.78 Å². The molecule has 0 spiro atoms. The molecule has 0 amide bonds. The molecule has 6 nitrogen and oxygen atoms in total. The Kier molecular flexibility index (Phi) is 5.08. The highest BCUT2D eigenvalue weighted by molar-refractivity contribution is 7.99. The fourth-order valence-electron chi connectivity index (χ4n) is 3.04. The summed E-state index contributed by atoms with van der Waals surface area (Å²) < 4.78 is 1.11. The summed E-state index contributed by atoms with van der Waals surface area (Å²) in [6.07, 6.45) is 0. The quantitative estimate of drug-likeness (QED) is 0.324. The number of nitro benzene ring substituents is 1. The molecule has 0 aliphatic rings. The molecule has 3 aromatic carbocycles. The van der Waals surface area contributed by atoms with Gasteiger partial charge in [0.05, 0.1) is 16.0 Å². The lowest BCUT2D eigenvalue weighted by Crippen LogP contribution is -2.23. The van der Waals surface area contributed by atoms with Crippen molar-refractivity contribution in [2.45, 2.75) is 16.7 Å². The van der Waals surface area contributed by atoms with Gasteiger partial charge in [-0.3, -0.25) is 14.9 Å². The average molecular weight is 424 g/mol. The summed E-state index contributed by atoms with van der Waals surface area (Å²) in [6, 6.07) is 19.0. The van der Waals surface area contributed by atoms with Crippen LogP contribution in [0.3, 0.4) is 0 Å². The Labute approximate surface area is 174 Å². The normalized spacial score (nSPS) is 11.0. The SMILES string of the molecule is Cc1nn(-c2cc(Sc3ccc(Cl)cc3)ccc2[N+](=O)[O-])c(=O)c2ccccc12. The van der Waals surface area contributed by atoms with Crippen molar-refractivity contribution in [2.24, 2.45) is 0 Å². The van der Waals surface area contributed by atoms with Crippen molar-refractivity contribution >= 4 is 39.8 Å². The number of nitro groups is 1. The second kappa shape index (κ2) is 7.69. The van der Waals surface area contributed by atoms with Crippen LogP contribution in [0.15, 0.2) is 81.3 Å². The van der Waals surface area contributed by atoms with E-state index in [1.165, 1.54) is 17.8 Å². The molecule has 4 rings (SSSR count). The molecule has 144 valence electrons. The summed E-state index contributed by atoms with van der Waals surface area (Å²) in [5.41, 5.74) is 0.163. The van der Waals surface area contributed by atoms with E-state index in [2.05, 4.69) is 5.10 Å². The third-order valence-electron chi connectivity index (χ3n) is 4.41. The number of aryl methyl sites for hydroxylation is 1. The van der Waals surface area contributed by atoms with Gasteiger partial charge in [0, 0.05) is 26.3 Å². The minimum absolute atomic E-state index is 0.132. The van der Waals surface area contributed by atoms with E-state index in [9.17, 15) is 14.9 Å². The van der Waals surface area contributed by atoms with Crippen molar-refractivity contribution in [1.29, 1.82) is 0 Å². The Morgan fingerprint density at radius 2 is 1.66 bits per heavy atom. The van der Waals surface area contributed by atoms with Crippen LogP contribution in [0.1, 0.15) is 5.69 Å². The zero-order valence-corrected chi connectivity index (χ0v) is 16.8. The summed E-state index contributed by atoms with van der Waals surface area (Å²) >= 11 is 7.34. The van der Waals surface area contributed by atoms with Gasteiger partial charge in [-0.1, -0.05) is 41.6 Å². The predicted octanol–water partition coefficient (Wildman–Crippen LogP) is 5.41. The van der Waals surface area contributed by atoms with Crippen molar-refractivity contribution in [1.82, 2.24) is 9.78 Å². The number of halogens is 1. The van der Waals surface area contributed by atoms with E-state index in [4.69, 9.17) is 11.6 Å². The number of nitrogens with zero attached hydrogens (tertiary/aromatic N) is 3. The Bertz CT molecular complexity index is 1300. The van der Waals surface area contributed by atoms with Crippen LogP contribution in [0, 0.1) is 17.0 Å². The highest BCUT2D eigenvalue weighted by Gasteiger charge is 2.20. The third kappa shape index (κ3) is 3.74. The lowest BCUT2D eigenvalue weighted by molar-refractivity contribution is -0.384. The summed E-state index contributed by atoms with van der Waals surface area (Å²) in [5, 5.41) is 17.8.